The average Bonchev–Trinajstić information content (AvgIpc) is 2.71. The molecule has 140 valence electrons. The van der Waals surface area contributed by atoms with E-state index in [0.29, 0.717) is 22.7 Å². The van der Waals surface area contributed by atoms with Gasteiger partial charge in [0.1, 0.15) is 13.2 Å². The molecule has 0 bridgehead atoms. The van der Waals surface area contributed by atoms with E-state index in [2.05, 4.69) is 15.4 Å². The lowest BCUT2D eigenvalue weighted by Crippen LogP contribution is -2.40. The summed E-state index contributed by atoms with van der Waals surface area (Å²) in [7, 11) is 1.24. The summed E-state index contributed by atoms with van der Waals surface area (Å²) >= 11 is 0. The lowest BCUT2D eigenvalue weighted by Gasteiger charge is -2.25. The highest BCUT2D eigenvalue weighted by molar-refractivity contribution is 5.98. The van der Waals surface area contributed by atoms with Crippen molar-refractivity contribution in [1.82, 2.24) is 5.32 Å². The fraction of sp³-hybridized carbons (Fsp3) is 0.211. The van der Waals surface area contributed by atoms with Crippen molar-refractivity contribution in [3.05, 3.63) is 54.1 Å². The Kier molecular flexibility index (Phi) is 5.55. The number of nitrogens with one attached hydrogen (secondary N) is 2. The van der Waals surface area contributed by atoms with Gasteiger partial charge in [-0.1, -0.05) is 12.1 Å². The van der Waals surface area contributed by atoms with Gasteiger partial charge in [-0.25, -0.2) is 0 Å². The molecule has 27 heavy (non-hydrogen) atoms. The quantitative estimate of drug-likeness (QED) is 0.771. The fourth-order valence-corrected chi connectivity index (χ4v) is 2.40. The fourth-order valence-electron chi connectivity index (χ4n) is 2.40. The predicted octanol–water partition coefficient (Wildman–Crippen LogP) is 1.37. The Morgan fingerprint density at radius 2 is 1.78 bits per heavy atom. The van der Waals surface area contributed by atoms with Gasteiger partial charge in [-0.2, -0.15) is 0 Å². The lowest BCUT2D eigenvalue weighted by atomic mass is 10.2. The smallest absolute Gasteiger partial charge is 0.325 e. The SMILES string of the molecule is COC(=O)CNC(=O)c1ccc(NC(=O)[C@H]2COc3ccccc3O2)cc1. The van der Waals surface area contributed by atoms with E-state index in [4.69, 9.17) is 9.47 Å². The van der Waals surface area contributed by atoms with Crippen LogP contribution in [0.2, 0.25) is 0 Å². The van der Waals surface area contributed by atoms with Crippen LogP contribution in [0.1, 0.15) is 10.4 Å². The normalized spacial score (nSPS) is 14.8. The molecule has 1 aliphatic heterocycles. The standard InChI is InChI=1S/C19H18N2O6/c1-25-17(22)10-20-18(23)12-6-8-13(9-7-12)21-19(24)16-11-26-14-4-2-3-5-15(14)27-16/h2-9,16H,10-11H2,1H3,(H,20,23)(H,21,24)/t16-/m1/s1. The Hall–Kier alpha value is -3.55. The van der Waals surface area contributed by atoms with Crippen LogP contribution in [0, 0.1) is 0 Å². The van der Waals surface area contributed by atoms with Gasteiger partial charge in [0.2, 0.25) is 6.10 Å². The van der Waals surface area contributed by atoms with Gasteiger partial charge < -0.3 is 24.8 Å². The molecule has 0 aliphatic carbocycles. The van der Waals surface area contributed by atoms with E-state index in [-0.39, 0.29) is 19.1 Å². The third kappa shape index (κ3) is 4.55. The Labute approximate surface area is 155 Å². The number of anilines is 1. The molecule has 0 fully saturated rings. The number of ether oxygens (including phenoxy) is 3. The number of methoxy groups -OCH3 is 1. The number of fused-ring (bicyclic) bond motifs is 1. The molecule has 1 atom stereocenters. The first-order chi connectivity index (χ1) is 13.1. The zero-order valence-electron chi connectivity index (χ0n) is 14.6. The summed E-state index contributed by atoms with van der Waals surface area (Å²) in [4.78, 5) is 35.3. The van der Waals surface area contributed by atoms with E-state index in [1.54, 1.807) is 30.3 Å². The van der Waals surface area contributed by atoms with E-state index in [1.807, 2.05) is 6.07 Å². The van der Waals surface area contributed by atoms with E-state index in [1.165, 1.54) is 19.2 Å². The van der Waals surface area contributed by atoms with Crippen LogP contribution in [0.15, 0.2) is 48.5 Å². The second-order valence-corrected chi connectivity index (χ2v) is 5.69. The van der Waals surface area contributed by atoms with Crippen LogP contribution in [0.5, 0.6) is 11.5 Å². The van der Waals surface area contributed by atoms with Crippen LogP contribution in [0.3, 0.4) is 0 Å². The average molecular weight is 370 g/mol. The molecule has 0 unspecified atom stereocenters. The molecule has 8 nitrogen and oxygen atoms in total. The van der Waals surface area contributed by atoms with Gasteiger partial charge in [-0.3, -0.25) is 14.4 Å². The molecular formula is C19H18N2O6. The highest BCUT2D eigenvalue weighted by Crippen LogP contribution is 2.31. The zero-order chi connectivity index (χ0) is 19.2. The number of para-hydroxylation sites is 2. The predicted molar refractivity (Wildman–Crippen MR) is 95.8 cm³/mol. The van der Waals surface area contributed by atoms with Gasteiger partial charge >= 0.3 is 5.97 Å². The number of hydrogen-bond donors (Lipinski definition) is 2. The molecule has 8 heteroatoms. The number of amides is 2. The molecule has 0 aromatic heterocycles. The van der Waals surface area contributed by atoms with Gasteiger partial charge in [-0.05, 0) is 36.4 Å². The van der Waals surface area contributed by atoms with Crippen molar-refractivity contribution in [2.45, 2.75) is 6.10 Å². The van der Waals surface area contributed by atoms with Gasteiger partial charge in [0.05, 0.1) is 7.11 Å². The first-order valence-corrected chi connectivity index (χ1v) is 8.21. The minimum absolute atomic E-state index is 0.108. The topological polar surface area (TPSA) is 103 Å². The van der Waals surface area contributed by atoms with E-state index in [0.717, 1.165) is 0 Å². The second-order valence-electron chi connectivity index (χ2n) is 5.69. The van der Waals surface area contributed by atoms with Crippen LogP contribution in [0.25, 0.3) is 0 Å². The molecule has 2 N–H and O–H groups in total. The van der Waals surface area contributed by atoms with Crippen molar-refractivity contribution < 1.29 is 28.6 Å². The maximum atomic E-state index is 12.4. The highest BCUT2D eigenvalue weighted by atomic mass is 16.6. The molecule has 0 saturated heterocycles. The van der Waals surface area contributed by atoms with Crippen molar-refractivity contribution in [2.24, 2.45) is 0 Å². The number of benzene rings is 2. The van der Waals surface area contributed by atoms with Gasteiger partial charge in [0, 0.05) is 11.3 Å². The first-order valence-electron chi connectivity index (χ1n) is 8.21. The van der Waals surface area contributed by atoms with Gasteiger partial charge in [-0.15, -0.1) is 0 Å². The molecule has 1 aliphatic rings. The third-order valence-corrected chi connectivity index (χ3v) is 3.84. The molecule has 3 rings (SSSR count). The number of carbonyl (C=O) groups excluding carboxylic acids is 3. The Balaban J connectivity index is 1.56. The van der Waals surface area contributed by atoms with Crippen molar-refractivity contribution in [3.8, 4) is 11.5 Å². The zero-order valence-corrected chi connectivity index (χ0v) is 14.6. The largest absolute Gasteiger partial charge is 0.485 e. The van der Waals surface area contributed by atoms with Crippen LogP contribution < -0.4 is 20.1 Å². The molecule has 0 spiro atoms. The van der Waals surface area contributed by atoms with Crippen molar-refractivity contribution in [1.29, 1.82) is 0 Å². The summed E-state index contributed by atoms with van der Waals surface area (Å²) in [6, 6.07) is 13.4. The number of carbonyl (C=O) groups is 3. The summed E-state index contributed by atoms with van der Waals surface area (Å²) in [5, 5.41) is 5.15. The van der Waals surface area contributed by atoms with Gasteiger partial charge in [0.25, 0.3) is 11.8 Å². The maximum Gasteiger partial charge on any atom is 0.325 e. The van der Waals surface area contributed by atoms with Crippen LogP contribution >= 0.6 is 0 Å². The summed E-state index contributed by atoms with van der Waals surface area (Å²) in [6.07, 6.45) is -0.775. The summed E-state index contributed by atoms with van der Waals surface area (Å²) in [6.45, 7) is -0.106. The molecule has 2 amide bonds. The van der Waals surface area contributed by atoms with Crippen LogP contribution in [0.4, 0.5) is 5.69 Å². The van der Waals surface area contributed by atoms with E-state index < -0.39 is 18.0 Å². The maximum absolute atomic E-state index is 12.4. The van der Waals surface area contributed by atoms with Crippen LogP contribution in [-0.2, 0) is 14.3 Å². The summed E-state index contributed by atoms with van der Waals surface area (Å²) < 4.78 is 15.6. The minimum Gasteiger partial charge on any atom is -0.485 e. The Bertz CT molecular complexity index is 850. The third-order valence-electron chi connectivity index (χ3n) is 3.84. The van der Waals surface area contributed by atoms with Crippen molar-refractivity contribution in [2.75, 3.05) is 25.6 Å². The molecular weight excluding hydrogens is 352 g/mol. The summed E-state index contributed by atoms with van der Waals surface area (Å²) in [5.74, 6) is -0.194. The van der Waals surface area contributed by atoms with Crippen LogP contribution in [-0.4, -0.2) is 44.1 Å². The Morgan fingerprint density at radius 1 is 1.07 bits per heavy atom. The summed E-state index contributed by atoms with van der Waals surface area (Å²) in [5.41, 5.74) is 0.857. The monoisotopic (exact) mass is 370 g/mol. The molecule has 2 aromatic carbocycles. The van der Waals surface area contributed by atoms with Crippen molar-refractivity contribution in [3.63, 3.8) is 0 Å². The number of rotatable bonds is 5. The molecule has 2 aromatic rings. The Morgan fingerprint density at radius 3 is 2.48 bits per heavy atom. The molecule has 1 heterocycles. The minimum atomic E-state index is -0.775. The molecule has 0 radical (unpaired) electrons. The second kappa shape index (κ2) is 8.22. The van der Waals surface area contributed by atoms with E-state index >= 15 is 0 Å². The first kappa shape index (κ1) is 18.2. The number of esters is 1. The lowest BCUT2D eigenvalue weighted by molar-refractivity contribution is -0.139. The molecule has 0 saturated carbocycles. The van der Waals surface area contributed by atoms with E-state index in [9.17, 15) is 14.4 Å². The number of hydrogen-bond acceptors (Lipinski definition) is 6. The van der Waals surface area contributed by atoms with Gasteiger partial charge in [0.15, 0.2) is 11.5 Å². The highest BCUT2D eigenvalue weighted by Gasteiger charge is 2.27. The van der Waals surface area contributed by atoms with Crippen molar-refractivity contribution >= 4 is 23.5 Å².